The van der Waals surface area contributed by atoms with Crippen LogP contribution in [0.3, 0.4) is 0 Å². The van der Waals surface area contributed by atoms with Gasteiger partial charge in [0.1, 0.15) is 10.00 Å². The van der Waals surface area contributed by atoms with Gasteiger partial charge >= 0.3 is 0 Å². The van der Waals surface area contributed by atoms with Gasteiger partial charge < -0.3 is 0 Å². The molecule has 2 rings (SSSR count). The molecule has 19 heavy (non-hydrogen) atoms. The van der Waals surface area contributed by atoms with Crippen molar-refractivity contribution in [2.45, 2.75) is 23.8 Å². The molecule has 2 aromatic rings. The molecule has 0 heterocycles. The van der Waals surface area contributed by atoms with Crippen LogP contribution in [-0.2, 0) is 10.00 Å². The van der Waals surface area contributed by atoms with Crippen LogP contribution in [0.1, 0.15) is 25.0 Å². The van der Waals surface area contributed by atoms with E-state index >= 15 is 0 Å². The molecule has 0 amide bonds. The van der Waals surface area contributed by atoms with Gasteiger partial charge in [-0.05, 0) is 25.0 Å². The Morgan fingerprint density at radius 2 is 1.00 bits per heavy atom. The Hall–Kier alpha value is -1.02. The lowest BCUT2D eigenvalue weighted by Crippen LogP contribution is -2.45. The zero-order valence-corrected chi connectivity index (χ0v) is 12.5. The van der Waals surface area contributed by atoms with Crippen LogP contribution in [-0.4, -0.2) is 0 Å². The summed E-state index contributed by atoms with van der Waals surface area (Å²) in [6.45, 7) is 3.82. The van der Waals surface area contributed by atoms with E-state index in [0.717, 1.165) is 11.1 Å². The quantitative estimate of drug-likeness (QED) is 0.631. The van der Waals surface area contributed by atoms with E-state index in [9.17, 15) is 0 Å². The smallest absolute Gasteiger partial charge is 0.118 e. The maximum Gasteiger partial charge on any atom is 0.118 e. The SMILES string of the molecule is CC(Cl)(NC(C)(Cl)c1ccccc1)c1ccccc1. The first-order valence-corrected chi connectivity index (χ1v) is 6.96. The Kier molecular flexibility index (Phi) is 4.19. The van der Waals surface area contributed by atoms with E-state index in [1.165, 1.54) is 0 Å². The number of rotatable bonds is 4. The molecule has 0 aromatic heterocycles. The average Bonchev–Trinajstić information content (AvgIpc) is 2.40. The second-order valence-corrected chi connectivity index (χ2v) is 6.37. The monoisotopic (exact) mass is 293 g/mol. The highest BCUT2D eigenvalue weighted by Crippen LogP contribution is 2.34. The maximum absolute atomic E-state index is 6.60. The first-order valence-electron chi connectivity index (χ1n) is 6.20. The molecule has 100 valence electrons. The minimum atomic E-state index is -0.729. The van der Waals surface area contributed by atoms with E-state index in [4.69, 9.17) is 23.2 Å². The van der Waals surface area contributed by atoms with Gasteiger partial charge in [-0.25, -0.2) is 0 Å². The molecule has 0 spiro atoms. The van der Waals surface area contributed by atoms with E-state index in [2.05, 4.69) is 5.32 Å². The molecule has 0 saturated carbocycles. The highest BCUT2D eigenvalue weighted by molar-refractivity contribution is 6.26. The Balaban J connectivity index is 2.25. The number of halogens is 2. The summed E-state index contributed by atoms with van der Waals surface area (Å²) in [5.74, 6) is 0. The van der Waals surface area contributed by atoms with Crippen LogP contribution < -0.4 is 5.32 Å². The standard InChI is InChI=1S/C16H17Cl2N/c1-15(17,13-9-5-3-6-10-13)19-16(2,18)14-11-7-4-8-12-14/h3-12,19H,1-2H3. The molecule has 0 saturated heterocycles. The molecule has 3 heteroatoms. The van der Waals surface area contributed by atoms with Crippen molar-refractivity contribution >= 4 is 23.2 Å². The van der Waals surface area contributed by atoms with Crippen molar-refractivity contribution in [2.75, 3.05) is 0 Å². The molecule has 2 aromatic carbocycles. The van der Waals surface area contributed by atoms with Crippen molar-refractivity contribution in [2.24, 2.45) is 0 Å². The zero-order chi connectivity index (χ0) is 13.9. The largest absolute Gasteiger partial charge is 0.273 e. The van der Waals surface area contributed by atoms with Gasteiger partial charge in [0.25, 0.3) is 0 Å². The van der Waals surface area contributed by atoms with Crippen molar-refractivity contribution in [3.8, 4) is 0 Å². The van der Waals surface area contributed by atoms with E-state index in [1.807, 2.05) is 74.5 Å². The molecule has 0 aliphatic rings. The van der Waals surface area contributed by atoms with Gasteiger partial charge in [-0.2, -0.15) is 0 Å². The summed E-state index contributed by atoms with van der Waals surface area (Å²) in [4.78, 5) is -1.46. The predicted octanol–water partition coefficient (Wildman–Crippen LogP) is 4.80. The first kappa shape index (κ1) is 14.4. The van der Waals surface area contributed by atoms with Crippen LogP contribution in [0.4, 0.5) is 0 Å². The van der Waals surface area contributed by atoms with Gasteiger partial charge in [0, 0.05) is 0 Å². The molecule has 0 aliphatic carbocycles. The summed E-state index contributed by atoms with van der Waals surface area (Å²) in [6, 6.07) is 19.7. The van der Waals surface area contributed by atoms with Gasteiger partial charge in [0.05, 0.1) is 0 Å². The van der Waals surface area contributed by atoms with E-state index in [1.54, 1.807) is 0 Å². The Labute approximate surface area is 124 Å². The van der Waals surface area contributed by atoms with Gasteiger partial charge in [0.2, 0.25) is 0 Å². The summed E-state index contributed by atoms with van der Waals surface area (Å²) >= 11 is 13.2. The lowest BCUT2D eigenvalue weighted by Gasteiger charge is -2.34. The lowest BCUT2D eigenvalue weighted by molar-refractivity contribution is 0.404. The third-order valence-corrected chi connectivity index (χ3v) is 3.73. The van der Waals surface area contributed by atoms with E-state index in [0.29, 0.717) is 0 Å². The van der Waals surface area contributed by atoms with Gasteiger partial charge in [-0.15, -0.1) is 0 Å². The second kappa shape index (κ2) is 5.54. The molecule has 0 bridgehead atoms. The highest BCUT2D eigenvalue weighted by Gasteiger charge is 2.33. The minimum Gasteiger partial charge on any atom is -0.273 e. The Bertz CT molecular complexity index is 471. The van der Waals surface area contributed by atoms with Gasteiger partial charge in [0.15, 0.2) is 0 Å². The van der Waals surface area contributed by atoms with Crippen LogP contribution >= 0.6 is 23.2 Å². The van der Waals surface area contributed by atoms with Crippen molar-refractivity contribution in [3.05, 3.63) is 71.8 Å². The molecular formula is C16H17Cl2N. The molecule has 2 atom stereocenters. The zero-order valence-electron chi connectivity index (χ0n) is 11.0. The van der Waals surface area contributed by atoms with Crippen LogP contribution in [0.15, 0.2) is 60.7 Å². The summed E-state index contributed by atoms with van der Waals surface area (Å²) in [5.41, 5.74) is 1.97. The topological polar surface area (TPSA) is 12.0 Å². The number of hydrogen-bond acceptors (Lipinski definition) is 1. The normalized spacial score (nSPS) is 17.5. The van der Waals surface area contributed by atoms with Crippen LogP contribution in [0, 0.1) is 0 Å². The third kappa shape index (κ3) is 3.50. The molecular weight excluding hydrogens is 277 g/mol. The lowest BCUT2D eigenvalue weighted by atomic mass is 10.0. The number of hydrogen-bond donors (Lipinski definition) is 1. The molecule has 1 N–H and O–H groups in total. The maximum atomic E-state index is 6.60. The molecule has 2 unspecified atom stereocenters. The van der Waals surface area contributed by atoms with Crippen LogP contribution in [0.5, 0.6) is 0 Å². The third-order valence-electron chi connectivity index (χ3n) is 3.10. The van der Waals surface area contributed by atoms with E-state index in [-0.39, 0.29) is 0 Å². The number of benzene rings is 2. The Morgan fingerprint density at radius 1 is 0.684 bits per heavy atom. The summed E-state index contributed by atoms with van der Waals surface area (Å²) < 4.78 is 0. The second-order valence-electron chi connectivity index (χ2n) is 4.86. The first-order chi connectivity index (χ1) is 8.92. The summed E-state index contributed by atoms with van der Waals surface area (Å²) in [6.07, 6.45) is 0. The van der Waals surface area contributed by atoms with Crippen molar-refractivity contribution in [1.82, 2.24) is 5.32 Å². The van der Waals surface area contributed by atoms with E-state index < -0.39 is 10.00 Å². The fraction of sp³-hybridized carbons (Fsp3) is 0.250. The molecule has 1 nitrogen and oxygen atoms in total. The van der Waals surface area contributed by atoms with Crippen molar-refractivity contribution < 1.29 is 0 Å². The number of alkyl halides is 2. The summed E-state index contributed by atoms with van der Waals surface area (Å²) in [5, 5.41) is 3.30. The van der Waals surface area contributed by atoms with Crippen LogP contribution in [0.25, 0.3) is 0 Å². The van der Waals surface area contributed by atoms with Crippen LogP contribution in [0.2, 0.25) is 0 Å². The van der Waals surface area contributed by atoms with Crippen molar-refractivity contribution in [1.29, 1.82) is 0 Å². The fourth-order valence-corrected chi connectivity index (χ4v) is 2.77. The highest BCUT2D eigenvalue weighted by atomic mass is 35.5. The van der Waals surface area contributed by atoms with Gasteiger partial charge in [-0.3, -0.25) is 5.32 Å². The number of nitrogens with one attached hydrogen (secondary N) is 1. The fourth-order valence-electron chi connectivity index (χ4n) is 2.09. The molecule has 0 fully saturated rings. The molecule has 0 radical (unpaired) electrons. The Morgan fingerprint density at radius 3 is 1.32 bits per heavy atom. The average molecular weight is 294 g/mol. The molecule has 0 aliphatic heterocycles. The summed E-state index contributed by atoms with van der Waals surface area (Å²) in [7, 11) is 0. The minimum absolute atomic E-state index is 0.729. The van der Waals surface area contributed by atoms with Gasteiger partial charge in [-0.1, -0.05) is 83.9 Å². The van der Waals surface area contributed by atoms with Crippen molar-refractivity contribution in [3.63, 3.8) is 0 Å². The predicted molar refractivity (Wildman–Crippen MR) is 82.4 cm³/mol.